The van der Waals surface area contributed by atoms with Crippen LogP contribution >= 0.6 is 15.9 Å². The SMILES string of the molecule is CCn1cc(Br)c(CNC(=O)c2cc(-c3ccn(C)c3)n[nH]2)n1. The normalized spacial score (nSPS) is 10.9. The molecule has 1 amide bonds. The van der Waals surface area contributed by atoms with E-state index in [1.54, 1.807) is 6.07 Å². The lowest BCUT2D eigenvalue weighted by molar-refractivity contribution is 0.0945. The van der Waals surface area contributed by atoms with Crippen molar-refractivity contribution < 1.29 is 4.79 Å². The molecular formula is C15H17BrN6O. The summed E-state index contributed by atoms with van der Waals surface area (Å²) in [5.74, 6) is -0.211. The van der Waals surface area contributed by atoms with Crippen LogP contribution in [0.4, 0.5) is 0 Å². The van der Waals surface area contributed by atoms with Gasteiger partial charge in [0.05, 0.1) is 22.4 Å². The van der Waals surface area contributed by atoms with E-state index in [9.17, 15) is 4.79 Å². The third-order valence-corrected chi connectivity index (χ3v) is 4.14. The highest BCUT2D eigenvalue weighted by Gasteiger charge is 2.13. The summed E-state index contributed by atoms with van der Waals surface area (Å²) >= 11 is 3.44. The summed E-state index contributed by atoms with van der Waals surface area (Å²) < 4.78 is 4.63. The predicted octanol–water partition coefficient (Wildman–Crippen LogP) is 2.32. The van der Waals surface area contributed by atoms with Crippen LogP contribution in [0.1, 0.15) is 23.1 Å². The van der Waals surface area contributed by atoms with E-state index in [1.807, 2.05) is 47.9 Å². The summed E-state index contributed by atoms with van der Waals surface area (Å²) in [6.07, 6.45) is 5.78. The van der Waals surface area contributed by atoms with Gasteiger partial charge in [-0.15, -0.1) is 0 Å². The van der Waals surface area contributed by atoms with Crippen molar-refractivity contribution in [1.29, 1.82) is 0 Å². The van der Waals surface area contributed by atoms with Crippen LogP contribution in [0, 0.1) is 0 Å². The summed E-state index contributed by atoms with van der Waals surface area (Å²) in [6.45, 7) is 3.15. The van der Waals surface area contributed by atoms with E-state index in [-0.39, 0.29) is 5.91 Å². The Morgan fingerprint density at radius 1 is 1.43 bits per heavy atom. The Balaban J connectivity index is 1.66. The molecule has 7 nitrogen and oxygen atoms in total. The van der Waals surface area contributed by atoms with Crippen LogP contribution < -0.4 is 5.32 Å². The summed E-state index contributed by atoms with van der Waals surface area (Å²) in [6, 6.07) is 3.69. The molecule has 8 heteroatoms. The number of aromatic amines is 1. The first-order chi connectivity index (χ1) is 11.1. The van der Waals surface area contributed by atoms with Gasteiger partial charge in [0.1, 0.15) is 5.69 Å². The van der Waals surface area contributed by atoms with E-state index < -0.39 is 0 Å². The molecule has 0 aromatic carbocycles. The van der Waals surface area contributed by atoms with Crippen LogP contribution in [0.5, 0.6) is 0 Å². The molecule has 3 heterocycles. The maximum atomic E-state index is 12.2. The Morgan fingerprint density at radius 3 is 2.91 bits per heavy atom. The van der Waals surface area contributed by atoms with Gasteiger partial charge in [0, 0.05) is 37.7 Å². The molecule has 0 saturated heterocycles. The smallest absolute Gasteiger partial charge is 0.269 e. The first-order valence-electron chi connectivity index (χ1n) is 7.24. The van der Waals surface area contributed by atoms with Gasteiger partial charge in [-0.2, -0.15) is 10.2 Å². The lowest BCUT2D eigenvalue weighted by Crippen LogP contribution is -2.23. The number of halogens is 1. The van der Waals surface area contributed by atoms with Crippen LogP contribution in [0.3, 0.4) is 0 Å². The second-order valence-electron chi connectivity index (χ2n) is 5.19. The molecular weight excluding hydrogens is 360 g/mol. The van der Waals surface area contributed by atoms with Gasteiger partial charge in [-0.1, -0.05) is 0 Å². The third-order valence-electron chi connectivity index (χ3n) is 3.48. The van der Waals surface area contributed by atoms with Crippen molar-refractivity contribution in [3.05, 3.63) is 46.6 Å². The van der Waals surface area contributed by atoms with Gasteiger partial charge in [0.15, 0.2) is 0 Å². The van der Waals surface area contributed by atoms with Crippen molar-refractivity contribution in [2.45, 2.75) is 20.0 Å². The lowest BCUT2D eigenvalue weighted by atomic mass is 10.2. The first kappa shape index (κ1) is 15.5. The average molecular weight is 377 g/mol. The zero-order valence-electron chi connectivity index (χ0n) is 12.9. The van der Waals surface area contributed by atoms with Gasteiger partial charge < -0.3 is 9.88 Å². The zero-order chi connectivity index (χ0) is 16.4. The molecule has 0 saturated carbocycles. The number of carbonyl (C=O) groups is 1. The highest BCUT2D eigenvalue weighted by Crippen LogP contribution is 2.18. The lowest BCUT2D eigenvalue weighted by Gasteiger charge is -2.01. The molecule has 120 valence electrons. The predicted molar refractivity (Wildman–Crippen MR) is 89.8 cm³/mol. The average Bonchev–Trinajstić information content (AvgIpc) is 3.24. The van der Waals surface area contributed by atoms with Crippen LogP contribution in [0.2, 0.25) is 0 Å². The fourth-order valence-corrected chi connectivity index (χ4v) is 2.67. The fourth-order valence-electron chi connectivity index (χ4n) is 2.22. The number of nitrogens with one attached hydrogen (secondary N) is 2. The molecule has 3 rings (SSSR count). The zero-order valence-corrected chi connectivity index (χ0v) is 14.5. The Morgan fingerprint density at radius 2 is 2.26 bits per heavy atom. The Kier molecular flexibility index (Phi) is 4.33. The van der Waals surface area contributed by atoms with Crippen molar-refractivity contribution in [3.8, 4) is 11.3 Å². The molecule has 0 aliphatic carbocycles. The van der Waals surface area contributed by atoms with Crippen molar-refractivity contribution in [2.24, 2.45) is 7.05 Å². The summed E-state index contributed by atoms with van der Waals surface area (Å²) in [5, 5.41) is 14.2. The fraction of sp³-hybridized carbons (Fsp3) is 0.267. The maximum Gasteiger partial charge on any atom is 0.269 e. The van der Waals surface area contributed by atoms with Gasteiger partial charge >= 0.3 is 0 Å². The quantitative estimate of drug-likeness (QED) is 0.716. The topological polar surface area (TPSA) is 80.5 Å². The van der Waals surface area contributed by atoms with Gasteiger partial charge in [0.2, 0.25) is 0 Å². The minimum Gasteiger partial charge on any atom is -0.357 e. The number of rotatable bonds is 5. The minimum atomic E-state index is -0.211. The second kappa shape index (κ2) is 6.41. The van der Waals surface area contributed by atoms with Gasteiger partial charge in [-0.25, -0.2) is 0 Å². The van der Waals surface area contributed by atoms with E-state index >= 15 is 0 Å². The molecule has 3 aromatic rings. The molecule has 0 aliphatic heterocycles. The number of carbonyl (C=O) groups excluding carboxylic acids is 1. The number of amides is 1. The van der Waals surface area contributed by atoms with E-state index in [0.29, 0.717) is 12.2 Å². The summed E-state index contributed by atoms with van der Waals surface area (Å²) in [4.78, 5) is 12.2. The van der Waals surface area contributed by atoms with Crippen molar-refractivity contribution >= 4 is 21.8 Å². The molecule has 2 N–H and O–H groups in total. The number of hydrogen-bond acceptors (Lipinski definition) is 3. The first-order valence-corrected chi connectivity index (χ1v) is 8.04. The Labute approximate surface area is 141 Å². The minimum absolute atomic E-state index is 0.211. The molecule has 0 unspecified atom stereocenters. The standard InChI is InChI=1S/C15H17BrN6O/c1-3-22-9-11(16)14(20-22)7-17-15(23)13-6-12(18-19-13)10-4-5-21(2)8-10/h4-6,8-9H,3,7H2,1-2H3,(H,17,23)(H,18,19). The largest absolute Gasteiger partial charge is 0.357 e. The van der Waals surface area contributed by atoms with Crippen LogP contribution in [-0.2, 0) is 20.1 Å². The van der Waals surface area contributed by atoms with E-state index in [0.717, 1.165) is 28.0 Å². The van der Waals surface area contributed by atoms with Crippen LogP contribution in [-0.4, -0.2) is 30.5 Å². The Bertz CT molecular complexity index is 831. The maximum absolute atomic E-state index is 12.2. The molecule has 0 radical (unpaired) electrons. The summed E-state index contributed by atoms with van der Waals surface area (Å²) in [7, 11) is 1.94. The molecule has 0 aliphatic rings. The van der Waals surface area contributed by atoms with Crippen LogP contribution in [0.25, 0.3) is 11.3 Å². The number of aromatic nitrogens is 5. The van der Waals surface area contributed by atoms with Gasteiger partial charge in [0.25, 0.3) is 5.91 Å². The number of nitrogens with zero attached hydrogens (tertiary/aromatic N) is 4. The molecule has 23 heavy (non-hydrogen) atoms. The molecule has 0 fully saturated rings. The van der Waals surface area contributed by atoms with Gasteiger partial charge in [-0.3, -0.25) is 14.6 Å². The van der Waals surface area contributed by atoms with Crippen LogP contribution in [0.15, 0.2) is 35.2 Å². The molecule has 0 atom stereocenters. The summed E-state index contributed by atoms with van der Waals surface area (Å²) in [5.41, 5.74) is 2.93. The highest BCUT2D eigenvalue weighted by molar-refractivity contribution is 9.10. The van der Waals surface area contributed by atoms with E-state index in [2.05, 4.69) is 36.5 Å². The molecule has 0 bridgehead atoms. The number of H-pyrrole nitrogens is 1. The number of hydrogen-bond donors (Lipinski definition) is 2. The van der Waals surface area contributed by atoms with Crippen molar-refractivity contribution in [3.63, 3.8) is 0 Å². The van der Waals surface area contributed by atoms with Gasteiger partial charge in [-0.05, 0) is 35.0 Å². The highest BCUT2D eigenvalue weighted by atomic mass is 79.9. The van der Waals surface area contributed by atoms with Crippen molar-refractivity contribution in [1.82, 2.24) is 29.9 Å². The monoisotopic (exact) mass is 376 g/mol. The number of aryl methyl sites for hydroxylation is 2. The van der Waals surface area contributed by atoms with Crippen molar-refractivity contribution in [2.75, 3.05) is 0 Å². The molecule has 0 spiro atoms. The third kappa shape index (κ3) is 3.37. The van der Waals surface area contributed by atoms with E-state index in [1.165, 1.54) is 0 Å². The second-order valence-corrected chi connectivity index (χ2v) is 6.05. The van der Waals surface area contributed by atoms with E-state index in [4.69, 9.17) is 0 Å². The molecule has 3 aromatic heterocycles. The Hall–Kier alpha value is -2.35.